The third-order valence-corrected chi connectivity index (χ3v) is 3.13. The van der Waals surface area contributed by atoms with Crippen LogP contribution in [0.5, 0.6) is 0 Å². The average Bonchev–Trinajstić information content (AvgIpc) is 2.82. The Balaban J connectivity index is 2.32. The molecule has 3 heteroatoms. The van der Waals surface area contributed by atoms with Gasteiger partial charge in [0.1, 0.15) is 5.82 Å². The van der Waals surface area contributed by atoms with Gasteiger partial charge in [0.05, 0.1) is 18.6 Å². The van der Waals surface area contributed by atoms with Crippen LogP contribution in [0.4, 0.5) is 4.39 Å². The van der Waals surface area contributed by atoms with Gasteiger partial charge in [0.25, 0.3) is 0 Å². The third-order valence-electron chi connectivity index (χ3n) is 3.13. The Hall–Kier alpha value is -1.61. The van der Waals surface area contributed by atoms with Crippen LogP contribution in [0.15, 0.2) is 47.3 Å². The van der Waals surface area contributed by atoms with Crippen molar-refractivity contribution in [3.05, 3.63) is 59.8 Å². The minimum absolute atomic E-state index is 0.276. The highest BCUT2D eigenvalue weighted by Gasteiger charge is 2.31. The molecule has 2 nitrogen and oxygen atoms in total. The number of rotatable bonds is 3. The van der Waals surface area contributed by atoms with Gasteiger partial charge in [-0.05, 0) is 23.8 Å². The first-order valence-corrected chi connectivity index (χ1v) is 5.48. The van der Waals surface area contributed by atoms with Gasteiger partial charge in [-0.3, -0.25) is 0 Å². The van der Waals surface area contributed by atoms with Crippen LogP contribution in [0.3, 0.4) is 0 Å². The fourth-order valence-corrected chi connectivity index (χ4v) is 1.88. The number of aliphatic hydroxyl groups excluding tert-OH is 1. The van der Waals surface area contributed by atoms with Crippen LogP contribution in [0.1, 0.15) is 31.1 Å². The Morgan fingerprint density at radius 2 is 1.82 bits per heavy atom. The largest absolute Gasteiger partial charge is 0.472 e. The minimum Gasteiger partial charge on any atom is -0.472 e. The molecule has 90 valence electrons. The molecule has 1 atom stereocenters. The van der Waals surface area contributed by atoms with E-state index in [-0.39, 0.29) is 5.82 Å². The minimum atomic E-state index is -0.688. The molecule has 0 aliphatic carbocycles. The highest BCUT2D eigenvalue weighted by Crippen LogP contribution is 2.36. The number of halogens is 1. The lowest BCUT2D eigenvalue weighted by atomic mass is 9.77. The zero-order chi connectivity index (χ0) is 12.5. The smallest absolute Gasteiger partial charge is 0.123 e. The molecule has 0 saturated heterocycles. The maximum absolute atomic E-state index is 12.9. The summed E-state index contributed by atoms with van der Waals surface area (Å²) in [4.78, 5) is 0. The SMILES string of the molecule is CC(C)(c1ccc(F)cc1)C(O)c1ccoc1. The molecule has 0 fully saturated rings. The van der Waals surface area contributed by atoms with E-state index in [9.17, 15) is 9.50 Å². The Morgan fingerprint density at radius 3 is 2.35 bits per heavy atom. The fourth-order valence-electron chi connectivity index (χ4n) is 1.88. The molecule has 1 N–H and O–H groups in total. The molecule has 0 aliphatic rings. The van der Waals surface area contributed by atoms with Crippen molar-refractivity contribution in [1.29, 1.82) is 0 Å². The van der Waals surface area contributed by atoms with E-state index in [0.717, 1.165) is 11.1 Å². The summed E-state index contributed by atoms with van der Waals surface area (Å²) >= 11 is 0. The standard InChI is InChI=1S/C14H15FO2/c1-14(2,11-3-5-12(15)6-4-11)13(16)10-7-8-17-9-10/h3-9,13,16H,1-2H3. The normalized spacial score (nSPS) is 13.6. The molecule has 0 amide bonds. The first-order chi connectivity index (χ1) is 8.01. The van der Waals surface area contributed by atoms with E-state index in [1.165, 1.54) is 24.7 Å². The Kier molecular flexibility index (Phi) is 3.03. The molecule has 2 rings (SSSR count). The molecule has 1 heterocycles. The Bertz CT molecular complexity index is 471. The molecule has 17 heavy (non-hydrogen) atoms. The van der Waals surface area contributed by atoms with E-state index < -0.39 is 11.5 Å². The van der Waals surface area contributed by atoms with Gasteiger partial charge in [0.2, 0.25) is 0 Å². The number of furan rings is 1. The first kappa shape index (κ1) is 11.9. The highest BCUT2D eigenvalue weighted by molar-refractivity contribution is 5.29. The summed E-state index contributed by atoms with van der Waals surface area (Å²) in [6.07, 6.45) is 2.36. The van der Waals surface area contributed by atoms with Crippen molar-refractivity contribution in [2.24, 2.45) is 0 Å². The second-order valence-corrected chi connectivity index (χ2v) is 4.69. The summed E-state index contributed by atoms with van der Waals surface area (Å²) in [6, 6.07) is 7.92. The summed E-state index contributed by atoms with van der Waals surface area (Å²) < 4.78 is 17.8. The van der Waals surface area contributed by atoms with E-state index >= 15 is 0 Å². The van der Waals surface area contributed by atoms with Gasteiger partial charge >= 0.3 is 0 Å². The van der Waals surface area contributed by atoms with Crippen LogP contribution in [-0.4, -0.2) is 5.11 Å². The molecule has 1 aromatic carbocycles. The summed E-state index contributed by atoms with van der Waals surface area (Å²) in [5, 5.41) is 10.3. The van der Waals surface area contributed by atoms with Crippen LogP contribution in [0, 0.1) is 5.82 Å². The number of benzene rings is 1. The average molecular weight is 234 g/mol. The van der Waals surface area contributed by atoms with Crippen molar-refractivity contribution in [3.63, 3.8) is 0 Å². The summed E-state index contributed by atoms with van der Waals surface area (Å²) in [5.41, 5.74) is 1.10. The lowest BCUT2D eigenvalue weighted by Gasteiger charge is -2.30. The maximum atomic E-state index is 12.9. The van der Waals surface area contributed by atoms with Crippen LogP contribution in [0.2, 0.25) is 0 Å². The van der Waals surface area contributed by atoms with E-state index in [0.29, 0.717) is 0 Å². The summed E-state index contributed by atoms with van der Waals surface area (Å²) in [6.45, 7) is 3.83. The molecule has 1 unspecified atom stereocenters. The molecular weight excluding hydrogens is 219 g/mol. The predicted octanol–water partition coefficient (Wildman–Crippen LogP) is 3.43. The van der Waals surface area contributed by atoms with E-state index in [1.807, 2.05) is 13.8 Å². The van der Waals surface area contributed by atoms with Gasteiger partial charge in [-0.15, -0.1) is 0 Å². The molecule has 0 aliphatic heterocycles. The van der Waals surface area contributed by atoms with Crippen molar-refractivity contribution in [1.82, 2.24) is 0 Å². The van der Waals surface area contributed by atoms with Crippen molar-refractivity contribution in [2.45, 2.75) is 25.4 Å². The van der Waals surface area contributed by atoms with Gasteiger partial charge in [-0.1, -0.05) is 26.0 Å². The van der Waals surface area contributed by atoms with Crippen LogP contribution >= 0.6 is 0 Å². The molecular formula is C14H15FO2. The molecule has 0 radical (unpaired) electrons. The fraction of sp³-hybridized carbons (Fsp3) is 0.286. The molecule has 0 spiro atoms. The molecule has 2 aromatic rings. The van der Waals surface area contributed by atoms with E-state index in [2.05, 4.69) is 0 Å². The monoisotopic (exact) mass is 234 g/mol. The van der Waals surface area contributed by atoms with E-state index in [1.54, 1.807) is 18.2 Å². The zero-order valence-corrected chi connectivity index (χ0v) is 9.85. The van der Waals surface area contributed by atoms with Crippen molar-refractivity contribution >= 4 is 0 Å². The first-order valence-electron chi connectivity index (χ1n) is 5.48. The lowest BCUT2D eigenvalue weighted by Crippen LogP contribution is -2.26. The number of aliphatic hydroxyl groups is 1. The van der Waals surface area contributed by atoms with Crippen LogP contribution < -0.4 is 0 Å². The van der Waals surface area contributed by atoms with Gasteiger partial charge in [0.15, 0.2) is 0 Å². The van der Waals surface area contributed by atoms with Crippen molar-refractivity contribution in [2.75, 3.05) is 0 Å². The maximum Gasteiger partial charge on any atom is 0.123 e. The number of hydrogen-bond donors (Lipinski definition) is 1. The third kappa shape index (κ3) is 2.24. The summed E-state index contributed by atoms with van der Waals surface area (Å²) in [7, 11) is 0. The molecule has 0 saturated carbocycles. The van der Waals surface area contributed by atoms with Crippen molar-refractivity contribution in [3.8, 4) is 0 Å². The van der Waals surface area contributed by atoms with Gasteiger partial charge in [0, 0.05) is 11.0 Å². The Morgan fingerprint density at radius 1 is 1.18 bits per heavy atom. The Labute approximate surface area is 99.7 Å². The molecule has 1 aromatic heterocycles. The predicted molar refractivity (Wildman–Crippen MR) is 63.1 cm³/mol. The topological polar surface area (TPSA) is 33.4 Å². The molecule has 0 bridgehead atoms. The second-order valence-electron chi connectivity index (χ2n) is 4.69. The van der Waals surface area contributed by atoms with Gasteiger partial charge in [-0.2, -0.15) is 0 Å². The highest BCUT2D eigenvalue weighted by atomic mass is 19.1. The van der Waals surface area contributed by atoms with E-state index in [4.69, 9.17) is 4.42 Å². The zero-order valence-electron chi connectivity index (χ0n) is 9.85. The van der Waals surface area contributed by atoms with Gasteiger partial charge in [-0.25, -0.2) is 4.39 Å². The van der Waals surface area contributed by atoms with Crippen LogP contribution in [-0.2, 0) is 5.41 Å². The second kappa shape index (κ2) is 4.34. The van der Waals surface area contributed by atoms with Crippen LogP contribution in [0.25, 0.3) is 0 Å². The lowest BCUT2D eigenvalue weighted by molar-refractivity contribution is 0.0996. The van der Waals surface area contributed by atoms with Gasteiger partial charge < -0.3 is 9.52 Å². The quantitative estimate of drug-likeness (QED) is 0.882. The van der Waals surface area contributed by atoms with Crippen molar-refractivity contribution < 1.29 is 13.9 Å². The summed E-state index contributed by atoms with van der Waals surface area (Å²) in [5.74, 6) is -0.276. The number of hydrogen-bond acceptors (Lipinski definition) is 2.